The van der Waals surface area contributed by atoms with Crippen molar-refractivity contribution in [3.8, 4) is 22.7 Å². The minimum absolute atomic E-state index is 0.249. The normalized spacial score (nSPS) is 11.1. The Hall–Kier alpha value is -4.32. The maximum Gasteiger partial charge on any atom is 0.287 e. The van der Waals surface area contributed by atoms with E-state index >= 15 is 0 Å². The van der Waals surface area contributed by atoms with E-state index in [-0.39, 0.29) is 5.91 Å². The Labute approximate surface area is 204 Å². The number of carbonyl (C=O) groups is 1. The van der Waals surface area contributed by atoms with E-state index in [1.807, 2.05) is 104 Å². The SMILES string of the molecule is CCOc1ccc(-c2nn(-c3ccccc3)cc2CNC(=O)c2oc3cc(C)ccc3c2C)cc1. The molecule has 0 saturated carbocycles. The largest absolute Gasteiger partial charge is 0.494 e. The number of nitrogens with zero attached hydrogens (tertiary/aromatic N) is 2. The number of hydrogen-bond acceptors (Lipinski definition) is 4. The molecule has 0 aliphatic rings. The Morgan fingerprint density at radius 2 is 1.80 bits per heavy atom. The summed E-state index contributed by atoms with van der Waals surface area (Å²) < 4.78 is 13.3. The number of nitrogens with one attached hydrogen (secondary N) is 1. The van der Waals surface area contributed by atoms with Crippen molar-refractivity contribution >= 4 is 16.9 Å². The fourth-order valence-electron chi connectivity index (χ4n) is 4.18. The van der Waals surface area contributed by atoms with Gasteiger partial charge in [-0.25, -0.2) is 4.68 Å². The molecule has 0 bridgehead atoms. The van der Waals surface area contributed by atoms with Crippen molar-refractivity contribution in [3.63, 3.8) is 0 Å². The summed E-state index contributed by atoms with van der Waals surface area (Å²) >= 11 is 0. The monoisotopic (exact) mass is 465 g/mol. The third-order valence-electron chi connectivity index (χ3n) is 5.99. The van der Waals surface area contributed by atoms with Crippen LogP contribution >= 0.6 is 0 Å². The molecule has 1 N–H and O–H groups in total. The summed E-state index contributed by atoms with van der Waals surface area (Å²) in [5.41, 5.74) is 6.24. The van der Waals surface area contributed by atoms with Gasteiger partial charge in [-0.1, -0.05) is 30.3 Å². The molecule has 3 aromatic carbocycles. The number of para-hydroxylation sites is 1. The quantitative estimate of drug-likeness (QED) is 0.309. The fourth-order valence-corrected chi connectivity index (χ4v) is 4.18. The molecule has 0 radical (unpaired) electrons. The average Bonchev–Trinajstić information content (AvgIpc) is 3.45. The molecular weight excluding hydrogens is 438 g/mol. The van der Waals surface area contributed by atoms with E-state index in [0.717, 1.165) is 50.4 Å². The molecule has 0 atom stereocenters. The van der Waals surface area contributed by atoms with Gasteiger partial charge in [-0.15, -0.1) is 0 Å². The highest BCUT2D eigenvalue weighted by Gasteiger charge is 2.19. The second-order valence-corrected chi connectivity index (χ2v) is 8.48. The molecule has 35 heavy (non-hydrogen) atoms. The van der Waals surface area contributed by atoms with Gasteiger partial charge in [0.2, 0.25) is 0 Å². The van der Waals surface area contributed by atoms with Crippen molar-refractivity contribution in [3.05, 3.63) is 101 Å². The number of benzene rings is 3. The minimum Gasteiger partial charge on any atom is -0.494 e. The van der Waals surface area contributed by atoms with Gasteiger partial charge < -0.3 is 14.5 Å². The number of hydrogen-bond donors (Lipinski definition) is 1. The van der Waals surface area contributed by atoms with Gasteiger partial charge >= 0.3 is 0 Å². The number of aromatic nitrogens is 2. The number of fused-ring (bicyclic) bond motifs is 1. The Morgan fingerprint density at radius 1 is 1.03 bits per heavy atom. The molecule has 6 heteroatoms. The third-order valence-corrected chi connectivity index (χ3v) is 5.99. The van der Waals surface area contributed by atoms with Crippen LogP contribution < -0.4 is 10.1 Å². The number of rotatable bonds is 7. The molecule has 1 amide bonds. The number of carbonyl (C=O) groups excluding carboxylic acids is 1. The lowest BCUT2D eigenvalue weighted by atomic mass is 10.1. The van der Waals surface area contributed by atoms with E-state index in [9.17, 15) is 4.79 Å². The molecule has 176 valence electrons. The zero-order chi connectivity index (χ0) is 24.4. The van der Waals surface area contributed by atoms with Gasteiger partial charge in [-0.2, -0.15) is 5.10 Å². The van der Waals surface area contributed by atoms with E-state index < -0.39 is 0 Å². The summed E-state index contributed by atoms with van der Waals surface area (Å²) in [6, 6.07) is 23.7. The summed E-state index contributed by atoms with van der Waals surface area (Å²) in [6.07, 6.45) is 1.95. The topological polar surface area (TPSA) is 69.3 Å². The first-order valence-electron chi connectivity index (χ1n) is 11.7. The molecule has 0 spiro atoms. The Balaban J connectivity index is 1.45. The zero-order valence-electron chi connectivity index (χ0n) is 20.0. The summed E-state index contributed by atoms with van der Waals surface area (Å²) in [4.78, 5) is 13.1. The molecule has 0 aliphatic carbocycles. The second kappa shape index (κ2) is 9.50. The summed E-state index contributed by atoms with van der Waals surface area (Å²) in [5, 5.41) is 8.82. The van der Waals surface area contributed by atoms with E-state index in [1.165, 1.54) is 0 Å². The van der Waals surface area contributed by atoms with Gasteiger partial charge in [0.25, 0.3) is 5.91 Å². The van der Waals surface area contributed by atoms with E-state index in [0.29, 0.717) is 18.9 Å². The first-order chi connectivity index (χ1) is 17.0. The Bertz CT molecular complexity index is 1480. The molecule has 2 aromatic heterocycles. The highest BCUT2D eigenvalue weighted by atomic mass is 16.5. The maximum atomic E-state index is 13.1. The highest BCUT2D eigenvalue weighted by Crippen LogP contribution is 2.28. The second-order valence-electron chi connectivity index (χ2n) is 8.48. The van der Waals surface area contributed by atoms with Crippen LogP contribution in [0.5, 0.6) is 5.75 Å². The van der Waals surface area contributed by atoms with Crippen molar-refractivity contribution in [2.45, 2.75) is 27.3 Å². The van der Waals surface area contributed by atoms with E-state index in [2.05, 4.69) is 5.32 Å². The van der Waals surface area contributed by atoms with Crippen LogP contribution in [0.3, 0.4) is 0 Å². The Kier molecular flexibility index (Phi) is 6.10. The molecule has 5 aromatic rings. The lowest BCUT2D eigenvalue weighted by Gasteiger charge is -2.06. The predicted molar refractivity (Wildman–Crippen MR) is 137 cm³/mol. The standard InChI is InChI=1S/C29H27N3O3/c1-4-34-24-13-11-21(12-14-24)27-22(18-32(31-27)23-8-6-5-7-9-23)17-30-29(33)28-20(3)25-15-10-19(2)16-26(25)35-28/h5-16,18H,4,17H2,1-3H3,(H,30,33). The zero-order valence-corrected chi connectivity index (χ0v) is 20.0. The maximum absolute atomic E-state index is 13.1. The highest BCUT2D eigenvalue weighted by molar-refractivity contribution is 5.99. The predicted octanol–water partition coefficient (Wildman–Crippen LogP) is 6.23. The van der Waals surface area contributed by atoms with Crippen LogP contribution in [-0.4, -0.2) is 22.3 Å². The molecule has 6 nitrogen and oxygen atoms in total. The van der Waals surface area contributed by atoms with Crippen molar-refractivity contribution in [1.82, 2.24) is 15.1 Å². The minimum atomic E-state index is -0.249. The van der Waals surface area contributed by atoms with Crippen LogP contribution in [0, 0.1) is 13.8 Å². The number of aryl methyl sites for hydroxylation is 2. The lowest BCUT2D eigenvalue weighted by molar-refractivity contribution is 0.0924. The first kappa shape index (κ1) is 22.5. The van der Waals surface area contributed by atoms with Crippen molar-refractivity contribution in [2.75, 3.05) is 6.61 Å². The molecule has 5 rings (SSSR count). The molecule has 0 unspecified atom stereocenters. The van der Waals surface area contributed by atoms with Crippen LogP contribution in [0.25, 0.3) is 27.9 Å². The Morgan fingerprint density at radius 3 is 2.54 bits per heavy atom. The van der Waals surface area contributed by atoms with E-state index in [4.69, 9.17) is 14.3 Å². The number of amides is 1. The number of ether oxygens (including phenoxy) is 1. The smallest absolute Gasteiger partial charge is 0.287 e. The van der Waals surface area contributed by atoms with Crippen molar-refractivity contribution in [2.24, 2.45) is 0 Å². The van der Waals surface area contributed by atoms with Crippen LogP contribution in [0.2, 0.25) is 0 Å². The van der Waals surface area contributed by atoms with Gasteiger partial charge in [0.15, 0.2) is 5.76 Å². The molecule has 2 heterocycles. The van der Waals surface area contributed by atoms with Gasteiger partial charge in [0.05, 0.1) is 18.0 Å². The molecule has 0 fully saturated rings. The first-order valence-corrected chi connectivity index (χ1v) is 11.7. The van der Waals surface area contributed by atoms with Gasteiger partial charge in [0.1, 0.15) is 11.3 Å². The number of furan rings is 1. The van der Waals surface area contributed by atoms with Gasteiger partial charge in [-0.3, -0.25) is 4.79 Å². The third kappa shape index (κ3) is 4.55. The van der Waals surface area contributed by atoms with Crippen molar-refractivity contribution < 1.29 is 13.9 Å². The van der Waals surface area contributed by atoms with E-state index in [1.54, 1.807) is 0 Å². The summed E-state index contributed by atoms with van der Waals surface area (Å²) in [6.45, 7) is 6.80. The van der Waals surface area contributed by atoms with Crippen molar-refractivity contribution in [1.29, 1.82) is 0 Å². The lowest BCUT2D eigenvalue weighted by Crippen LogP contribution is -2.23. The molecule has 0 aliphatic heterocycles. The van der Waals surface area contributed by atoms with Crippen LogP contribution in [-0.2, 0) is 6.54 Å². The average molecular weight is 466 g/mol. The van der Waals surface area contributed by atoms with Crippen LogP contribution in [0.4, 0.5) is 0 Å². The summed E-state index contributed by atoms with van der Waals surface area (Å²) in [7, 11) is 0. The van der Waals surface area contributed by atoms with Gasteiger partial charge in [-0.05, 0) is 68.8 Å². The van der Waals surface area contributed by atoms with Crippen LogP contribution in [0.15, 0.2) is 83.4 Å². The summed E-state index contributed by atoms with van der Waals surface area (Å²) in [5.74, 6) is 0.898. The fraction of sp³-hybridized carbons (Fsp3) is 0.172. The van der Waals surface area contributed by atoms with Gasteiger partial charge in [0, 0.05) is 34.8 Å². The molecule has 0 saturated heterocycles. The van der Waals surface area contributed by atoms with Crippen LogP contribution in [0.1, 0.15) is 34.2 Å². The molecular formula is C29H27N3O3.